The zero-order valence-corrected chi connectivity index (χ0v) is 6.17. The molecule has 3 nitrogen and oxygen atoms in total. The van der Waals surface area contributed by atoms with E-state index in [1.165, 1.54) is 12.4 Å². The van der Waals surface area contributed by atoms with Crippen LogP contribution in [0.25, 0.3) is 0 Å². The molecule has 1 aliphatic rings. The third-order valence-corrected chi connectivity index (χ3v) is 1.92. The van der Waals surface area contributed by atoms with Crippen molar-refractivity contribution in [3.05, 3.63) is 18.0 Å². The van der Waals surface area contributed by atoms with Crippen molar-refractivity contribution in [1.29, 1.82) is 0 Å². The Kier molecular flexibility index (Phi) is 1.31. The van der Waals surface area contributed by atoms with E-state index in [9.17, 15) is 8.78 Å². The number of hydrogen-bond acceptors (Lipinski definition) is 3. The molecule has 0 spiro atoms. The van der Waals surface area contributed by atoms with Crippen molar-refractivity contribution in [2.75, 3.05) is 5.73 Å². The Morgan fingerprint density at radius 3 is 2.33 bits per heavy atom. The molecule has 1 unspecified atom stereocenters. The molecular weight excluding hydrogens is 164 g/mol. The zero-order chi connectivity index (χ0) is 8.77. The second-order valence-corrected chi connectivity index (χ2v) is 2.89. The number of rotatable bonds is 1. The van der Waals surface area contributed by atoms with Crippen molar-refractivity contribution in [3.63, 3.8) is 0 Å². The van der Waals surface area contributed by atoms with Gasteiger partial charge in [-0.3, -0.25) is 0 Å². The summed E-state index contributed by atoms with van der Waals surface area (Å²) in [6.07, 6.45) is 2.61. The van der Waals surface area contributed by atoms with Gasteiger partial charge < -0.3 is 5.73 Å². The van der Waals surface area contributed by atoms with Gasteiger partial charge in [-0.15, -0.1) is 0 Å². The van der Waals surface area contributed by atoms with Gasteiger partial charge in [0, 0.05) is 18.8 Å². The molecule has 0 aliphatic heterocycles. The Bertz CT molecular complexity index is 296. The third-order valence-electron chi connectivity index (χ3n) is 1.92. The van der Waals surface area contributed by atoms with Gasteiger partial charge in [0.05, 0.1) is 5.92 Å². The molecule has 2 N–H and O–H groups in total. The van der Waals surface area contributed by atoms with E-state index >= 15 is 0 Å². The van der Waals surface area contributed by atoms with Crippen LogP contribution in [-0.4, -0.2) is 15.9 Å². The van der Waals surface area contributed by atoms with Crippen LogP contribution < -0.4 is 5.73 Å². The molecule has 64 valence electrons. The lowest BCUT2D eigenvalue weighted by atomic mass is 10.2. The van der Waals surface area contributed by atoms with Gasteiger partial charge >= 0.3 is 0 Å². The number of nitrogens with zero attached hydrogens (tertiary/aromatic N) is 2. The average Bonchev–Trinajstić information content (AvgIpc) is 2.61. The molecule has 1 saturated carbocycles. The molecule has 0 aromatic carbocycles. The lowest BCUT2D eigenvalue weighted by Crippen LogP contribution is -1.98. The van der Waals surface area contributed by atoms with Crippen molar-refractivity contribution in [2.45, 2.75) is 18.3 Å². The van der Waals surface area contributed by atoms with Crippen LogP contribution in [0.3, 0.4) is 0 Å². The molecule has 12 heavy (non-hydrogen) atoms. The molecule has 1 aliphatic carbocycles. The number of halogens is 2. The number of nitrogens with two attached hydrogens (primary N) is 1. The Morgan fingerprint density at radius 1 is 1.42 bits per heavy atom. The summed E-state index contributed by atoms with van der Waals surface area (Å²) in [4.78, 5) is 7.28. The molecule has 1 aromatic heterocycles. The van der Waals surface area contributed by atoms with Gasteiger partial charge in [0.25, 0.3) is 5.92 Å². The third kappa shape index (κ3) is 1.11. The van der Waals surface area contributed by atoms with E-state index in [1.54, 1.807) is 0 Å². The minimum absolute atomic E-state index is 0.0969. The highest BCUT2D eigenvalue weighted by molar-refractivity contribution is 5.27. The lowest BCUT2D eigenvalue weighted by molar-refractivity contribution is 0.112. The van der Waals surface area contributed by atoms with Crippen molar-refractivity contribution in [2.24, 2.45) is 0 Å². The molecule has 5 heteroatoms. The molecule has 2 rings (SSSR count). The molecular formula is C7H7F2N3. The topological polar surface area (TPSA) is 51.8 Å². The van der Waals surface area contributed by atoms with E-state index in [0.29, 0.717) is 5.56 Å². The monoisotopic (exact) mass is 171 g/mol. The fourth-order valence-corrected chi connectivity index (χ4v) is 1.10. The SMILES string of the molecule is Nc1ncc(C2CC2(F)F)cn1. The summed E-state index contributed by atoms with van der Waals surface area (Å²) in [7, 11) is 0. The highest BCUT2D eigenvalue weighted by Gasteiger charge is 2.57. The summed E-state index contributed by atoms with van der Waals surface area (Å²) >= 11 is 0. The molecule has 1 fully saturated rings. The van der Waals surface area contributed by atoms with Crippen LogP contribution in [0.4, 0.5) is 14.7 Å². The van der Waals surface area contributed by atoms with Gasteiger partial charge in [0.2, 0.25) is 5.95 Å². The fourth-order valence-electron chi connectivity index (χ4n) is 1.10. The number of anilines is 1. The first kappa shape index (κ1) is 7.39. The Balaban J connectivity index is 2.21. The fraction of sp³-hybridized carbons (Fsp3) is 0.429. The van der Waals surface area contributed by atoms with Gasteiger partial charge in [-0.05, 0) is 5.56 Å². The highest BCUT2D eigenvalue weighted by atomic mass is 19.3. The second-order valence-electron chi connectivity index (χ2n) is 2.89. The predicted octanol–water partition coefficient (Wildman–Crippen LogP) is 1.18. The maximum Gasteiger partial charge on any atom is 0.256 e. The Labute approximate surface area is 67.6 Å². The molecule has 1 aromatic rings. The van der Waals surface area contributed by atoms with Gasteiger partial charge in [-0.2, -0.15) is 0 Å². The smallest absolute Gasteiger partial charge is 0.256 e. The quantitative estimate of drug-likeness (QED) is 0.690. The van der Waals surface area contributed by atoms with Crippen LogP contribution in [0, 0.1) is 0 Å². The lowest BCUT2D eigenvalue weighted by Gasteiger charge is -1.97. The van der Waals surface area contributed by atoms with Crippen molar-refractivity contribution < 1.29 is 8.78 Å². The van der Waals surface area contributed by atoms with Gasteiger partial charge in [-0.25, -0.2) is 18.7 Å². The normalized spacial score (nSPS) is 25.3. The van der Waals surface area contributed by atoms with Crippen LogP contribution in [0.15, 0.2) is 12.4 Å². The minimum atomic E-state index is -2.56. The van der Waals surface area contributed by atoms with Crippen LogP contribution in [0.1, 0.15) is 17.9 Å². The first-order chi connectivity index (χ1) is 5.59. The summed E-state index contributed by atoms with van der Waals surface area (Å²) in [6, 6.07) is 0. The summed E-state index contributed by atoms with van der Waals surface area (Å²) < 4.78 is 25.0. The van der Waals surface area contributed by atoms with E-state index in [1.807, 2.05) is 0 Å². The number of alkyl halides is 2. The standard InChI is InChI=1S/C7H7F2N3/c8-7(9)1-5(7)4-2-11-6(10)12-3-4/h2-3,5H,1H2,(H2,10,11,12). The first-order valence-electron chi connectivity index (χ1n) is 3.55. The molecule has 1 heterocycles. The van der Waals surface area contributed by atoms with E-state index in [-0.39, 0.29) is 12.4 Å². The molecule has 0 bridgehead atoms. The van der Waals surface area contributed by atoms with Crippen molar-refractivity contribution >= 4 is 5.95 Å². The Morgan fingerprint density at radius 2 is 1.92 bits per heavy atom. The van der Waals surface area contributed by atoms with E-state index in [4.69, 9.17) is 5.73 Å². The highest BCUT2D eigenvalue weighted by Crippen LogP contribution is 2.55. The second kappa shape index (κ2) is 2.12. The average molecular weight is 171 g/mol. The zero-order valence-electron chi connectivity index (χ0n) is 6.17. The first-order valence-corrected chi connectivity index (χ1v) is 3.55. The maximum atomic E-state index is 12.5. The number of nitrogen functional groups attached to an aromatic ring is 1. The van der Waals surface area contributed by atoms with Crippen molar-refractivity contribution in [3.8, 4) is 0 Å². The summed E-state index contributed by atoms with van der Waals surface area (Å²) in [5.74, 6) is -3.14. The van der Waals surface area contributed by atoms with Crippen LogP contribution in [0.5, 0.6) is 0 Å². The van der Waals surface area contributed by atoms with Crippen LogP contribution in [0.2, 0.25) is 0 Å². The van der Waals surface area contributed by atoms with Crippen LogP contribution >= 0.6 is 0 Å². The van der Waals surface area contributed by atoms with Gasteiger partial charge in [0.1, 0.15) is 0 Å². The summed E-state index contributed by atoms with van der Waals surface area (Å²) in [5, 5.41) is 0. The Hall–Kier alpha value is -1.26. The van der Waals surface area contributed by atoms with Crippen LogP contribution in [-0.2, 0) is 0 Å². The van der Waals surface area contributed by atoms with Gasteiger partial charge in [-0.1, -0.05) is 0 Å². The number of hydrogen-bond donors (Lipinski definition) is 1. The summed E-state index contributed by atoms with van der Waals surface area (Å²) in [5.41, 5.74) is 5.67. The largest absolute Gasteiger partial charge is 0.368 e. The number of aromatic nitrogens is 2. The maximum absolute atomic E-state index is 12.5. The van der Waals surface area contributed by atoms with E-state index in [0.717, 1.165) is 0 Å². The predicted molar refractivity (Wildman–Crippen MR) is 38.7 cm³/mol. The van der Waals surface area contributed by atoms with E-state index in [2.05, 4.69) is 9.97 Å². The minimum Gasteiger partial charge on any atom is -0.368 e. The molecule has 0 radical (unpaired) electrons. The molecule has 0 amide bonds. The molecule has 0 saturated heterocycles. The summed E-state index contributed by atoms with van der Waals surface area (Å²) in [6.45, 7) is 0. The van der Waals surface area contributed by atoms with Crippen molar-refractivity contribution in [1.82, 2.24) is 9.97 Å². The van der Waals surface area contributed by atoms with Gasteiger partial charge in [0.15, 0.2) is 0 Å². The van der Waals surface area contributed by atoms with E-state index < -0.39 is 11.8 Å². The molecule has 1 atom stereocenters.